The largest absolute Gasteiger partial charge is 0.393 e. The number of H-pyrrole nitrogens is 1. The van der Waals surface area contributed by atoms with E-state index < -0.39 is 0 Å². The summed E-state index contributed by atoms with van der Waals surface area (Å²) in [7, 11) is 0. The quantitative estimate of drug-likeness (QED) is 0.468. The van der Waals surface area contributed by atoms with Gasteiger partial charge in [0, 0.05) is 18.7 Å². The van der Waals surface area contributed by atoms with Gasteiger partial charge >= 0.3 is 0 Å². The standard InChI is InChI=1S/C21H23N7O/c29-14-7-12(8-14)11-28-21-19(22-9-17(26-21)13-5-6-13)20(27-28)23-10-18-24-15-3-1-2-4-16(15)25-18/h1-4,9,12-14,29H,5-8,10-11H2,(H,23,27)(H,24,25). The fourth-order valence-corrected chi connectivity index (χ4v) is 4.13. The fraction of sp³-hybridized carbons (Fsp3) is 0.429. The van der Waals surface area contributed by atoms with Gasteiger partial charge in [0.2, 0.25) is 0 Å². The molecule has 3 N–H and O–H groups in total. The van der Waals surface area contributed by atoms with Crippen LogP contribution in [-0.2, 0) is 13.1 Å². The Morgan fingerprint density at radius 2 is 2.03 bits per heavy atom. The topological polar surface area (TPSA) is 105 Å². The van der Waals surface area contributed by atoms with Crippen molar-refractivity contribution >= 4 is 28.0 Å². The molecule has 8 nitrogen and oxygen atoms in total. The molecule has 148 valence electrons. The summed E-state index contributed by atoms with van der Waals surface area (Å²) in [5.74, 6) is 2.59. The van der Waals surface area contributed by atoms with Gasteiger partial charge in [0.05, 0.1) is 29.4 Å². The van der Waals surface area contributed by atoms with Crippen molar-refractivity contribution < 1.29 is 5.11 Å². The summed E-state index contributed by atoms with van der Waals surface area (Å²) in [5.41, 5.74) is 4.68. The summed E-state index contributed by atoms with van der Waals surface area (Å²) in [6.45, 7) is 1.30. The number of para-hydroxylation sites is 2. The number of rotatable bonds is 6. The van der Waals surface area contributed by atoms with Crippen LogP contribution < -0.4 is 5.32 Å². The second-order valence-electron chi connectivity index (χ2n) is 8.32. The average molecular weight is 389 g/mol. The zero-order chi connectivity index (χ0) is 19.4. The lowest BCUT2D eigenvalue weighted by Gasteiger charge is -2.31. The number of aromatic nitrogens is 6. The zero-order valence-electron chi connectivity index (χ0n) is 16.0. The smallest absolute Gasteiger partial charge is 0.179 e. The number of aliphatic hydroxyl groups is 1. The van der Waals surface area contributed by atoms with Crippen LogP contribution >= 0.6 is 0 Å². The van der Waals surface area contributed by atoms with Crippen LogP contribution in [0, 0.1) is 5.92 Å². The number of nitrogens with one attached hydrogen (secondary N) is 2. The van der Waals surface area contributed by atoms with E-state index in [0.717, 1.165) is 58.9 Å². The Morgan fingerprint density at radius 1 is 1.17 bits per heavy atom. The molecule has 1 aromatic carbocycles. The van der Waals surface area contributed by atoms with Gasteiger partial charge in [-0.15, -0.1) is 0 Å². The van der Waals surface area contributed by atoms with Gasteiger partial charge in [-0.2, -0.15) is 5.10 Å². The van der Waals surface area contributed by atoms with Gasteiger partial charge in [0.25, 0.3) is 0 Å². The minimum absolute atomic E-state index is 0.166. The van der Waals surface area contributed by atoms with Crippen molar-refractivity contribution in [1.82, 2.24) is 29.7 Å². The SMILES string of the molecule is OC1CC(Cn2nc(NCc3nc4ccccc4[nH]3)c3ncc(C4CC4)nc32)C1. The number of hydrogen-bond donors (Lipinski definition) is 3. The number of imidazole rings is 1. The first-order valence-corrected chi connectivity index (χ1v) is 10.3. The lowest BCUT2D eigenvalue weighted by molar-refractivity contribution is 0.0342. The van der Waals surface area contributed by atoms with Crippen molar-refractivity contribution in [2.45, 2.75) is 50.8 Å². The third-order valence-corrected chi connectivity index (χ3v) is 5.96. The van der Waals surface area contributed by atoms with E-state index in [9.17, 15) is 5.11 Å². The monoisotopic (exact) mass is 389 g/mol. The normalized spacial score (nSPS) is 21.6. The Morgan fingerprint density at radius 3 is 2.83 bits per heavy atom. The number of anilines is 1. The maximum Gasteiger partial charge on any atom is 0.179 e. The van der Waals surface area contributed by atoms with Gasteiger partial charge in [0.1, 0.15) is 5.82 Å². The molecule has 0 atom stereocenters. The van der Waals surface area contributed by atoms with E-state index in [1.165, 1.54) is 12.8 Å². The molecule has 0 spiro atoms. The van der Waals surface area contributed by atoms with Gasteiger partial charge < -0.3 is 15.4 Å². The molecule has 0 saturated heterocycles. The van der Waals surface area contributed by atoms with Crippen molar-refractivity contribution in [2.24, 2.45) is 5.92 Å². The Balaban J connectivity index is 1.30. The highest BCUT2D eigenvalue weighted by atomic mass is 16.3. The molecule has 8 heteroatoms. The molecular weight excluding hydrogens is 366 g/mol. The lowest BCUT2D eigenvalue weighted by atomic mass is 9.82. The Kier molecular flexibility index (Phi) is 3.80. The van der Waals surface area contributed by atoms with E-state index in [1.807, 2.05) is 35.1 Å². The molecular formula is C21H23N7O. The van der Waals surface area contributed by atoms with Crippen molar-refractivity contribution in [3.05, 3.63) is 42.0 Å². The van der Waals surface area contributed by atoms with Gasteiger partial charge in [-0.25, -0.2) is 19.6 Å². The minimum atomic E-state index is -0.166. The maximum absolute atomic E-state index is 9.63. The molecule has 2 aliphatic rings. The molecule has 0 unspecified atom stereocenters. The third kappa shape index (κ3) is 3.13. The number of nitrogens with zero attached hydrogens (tertiary/aromatic N) is 5. The number of hydrogen-bond acceptors (Lipinski definition) is 6. The molecule has 0 radical (unpaired) electrons. The molecule has 6 rings (SSSR count). The molecule has 2 aliphatic carbocycles. The molecule has 3 heterocycles. The van der Waals surface area contributed by atoms with Gasteiger partial charge in [-0.3, -0.25) is 0 Å². The predicted molar refractivity (Wildman–Crippen MR) is 109 cm³/mol. The summed E-state index contributed by atoms with van der Waals surface area (Å²) < 4.78 is 1.96. The second kappa shape index (κ2) is 6.52. The third-order valence-electron chi connectivity index (χ3n) is 5.96. The van der Waals surface area contributed by atoms with Crippen LogP contribution in [0.4, 0.5) is 5.82 Å². The number of aliphatic hydroxyl groups excluding tert-OH is 1. The summed E-state index contributed by atoms with van der Waals surface area (Å²) in [4.78, 5) is 17.5. The first kappa shape index (κ1) is 16.9. The summed E-state index contributed by atoms with van der Waals surface area (Å²) in [6.07, 6.45) is 5.78. The van der Waals surface area contributed by atoms with Gasteiger partial charge in [0.15, 0.2) is 17.0 Å². The second-order valence-corrected chi connectivity index (χ2v) is 8.32. The lowest BCUT2D eigenvalue weighted by Crippen LogP contribution is -2.31. The molecule has 0 bridgehead atoms. The van der Waals surface area contributed by atoms with E-state index in [2.05, 4.69) is 15.3 Å². The summed E-state index contributed by atoms with van der Waals surface area (Å²) in [6, 6.07) is 8.00. The van der Waals surface area contributed by atoms with Crippen molar-refractivity contribution in [1.29, 1.82) is 0 Å². The number of fused-ring (bicyclic) bond motifs is 2. The first-order chi connectivity index (χ1) is 14.2. The van der Waals surface area contributed by atoms with E-state index in [4.69, 9.17) is 15.1 Å². The van der Waals surface area contributed by atoms with Gasteiger partial charge in [-0.05, 0) is 43.7 Å². The Labute approximate surface area is 167 Å². The highest BCUT2D eigenvalue weighted by Gasteiger charge is 2.30. The first-order valence-electron chi connectivity index (χ1n) is 10.3. The van der Waals surface area contributed by atoms with Crippen LogP contribution in [0.15, 0.2) is 30.5 Å². The predicted octanol–water partition coefficient (Wildman–Crippen LogP) is 2.96. The summed E-state index contributed by atoms with van der Waals surface area (Å²) >= 11 is 0. The van der Waals surface area contributed by atoms with Crippen LogP contribution in [-0.4, -0.2) is 40.9 Å². The summed E-state index contributed by atoms with van der Waals surface area (Å²) in [5, 5.41) is 17.8. The van der Waals surface area contributed by atoms with Crippen LogP contribution in [0.1, 0.15) is 43.1 Å². The zero-order valence-corrected chi connectivity index (χ0v) is 16.0. The highest BCUT2D eigenvalue weighted by molar-refractivity contribution is 5.83. The van der Waals surface area contributed by atoms with Crippen molar-refractivity contribution in [3.8, 4) is 0 Å². The molecule has 29 heavy (non-hydrogen) atoms. The van der Waals surface area contributed by atoms with Gasteiger partial charge in [-0.1, -0.05) is 12.1 Å². The fourth-order valence-electron chi connectivity index (χ4n) is 4.13. The average Bonchev–Trinajstić information content (AvgIpc) is 3.39. The van der Waals surface area contributed by atoms with Crippen LogP contribution in [0.25, 0.3) is 22.2 Å². The molecule has 2 fully saturated rings. The maximum atomic E-state index is 9.63. The van der Waals surface area contributed by atoms with E-state index in [0.29, 0.717) is 18.4 Å². The molecule has 4 aromatic rings. The molecule has 2 saturated carbocycles. The van der Waals surface area contributed by atoms with Crippen molar-refractivity contribution in [3.63, 3.8) is 0 Å². The van der Waals surface area contributed by atoms with Crippen LogP contribution in [0.5, 0.6) is 0 Å². The number of benzene rings is 1. The molecule has 0 amide bonds. The van der Waals surface area contributed by atoms with Crippen molar-refractivity contribution in [2.75, 3.05) is 5.32 Å². The van der Waals surface area contributed by atoms with Crippen LogP contribution in [0.3, 0.4) is 0 Å². The minimum Gasteiger partial charge on any atom is -0.393 e. The van der Waals surface area contributed by atoms with E-state index in [-0.39, 0.29) is 6.10 Å². The van der Waals surface area contributed by atoms with Crippen LogP contribution in [0.2, 0.25) is 0 Å². The highest BCUT2D eigenvalue weighted by Crippen LogP contribution is 2.39. The Bertz CT molecular complexity index is 1150. The Hall–Kier alpha value is -3.00. The van der Waals surface area contributed by atoms with E-state index >= 15 is 0 Å². The number of aromatic amines is 1. The molecule has 3 aromatic heterocycles. The van der Waals surface area contributed by atoms with E-state index in [1.54, 1.807) is 0 Å². The molecule has 0 aliphatic heterocycles.